The highest BCUT2D eigenvalue weighted by Crippen LogP contribution is 2.07. The molecule has 1 aromatic heterocycles. The molecule has 1 heterocycles. The molecule has 1 rings (SSSR count). The zero-order chi connectivity index (χ0) is 11.1. The molecule has 0 amide bonds. The van der Waals surface area contributed by atoms with Crippen LogP contribution in [0.15, 0.2) is 6.20 Å². The molecule has 0 saturated heterocycles. The average Bonchev–Trinajstić information content (AvgIpc) is 2.63. The van der Waals surface area contributed by atoms with Gasteiger partial charge in [0.1, 0.15) is 0 Å². The predicted octanol–water partition coefficient (Wildman–Crippen LogP) is 0.333. The molecule has 1 unspecified atom stereocenters. The average molecular weight is 229 g/mol. The number of hydrogen-bond acceptors (Lipinski definition) is 5. The van der Waals surface area contributed by atoms with Crippen LogP contribution in [0, 0.1) is 0 Å². The van der Waals surface area contributed by atoms with Gasteiger partial charge in [-0.2, -0.15) is 11.8 Å². The Balaban J connectivity index is 2.33. The summed E-state index contributed by atoms with van der Waals surface area (Å²) in [4.78, 5) is 0. The van der Waals surface area contributed by atoms with Crippen LogP contribution in [0.4, 0.5) is 0 Å². The molecule has 0 aromatic carbocycles. The van der Waals surface area contributed by atoms with Gasteiger partial charge in [-0.15, -0.1) is 5.10 Å². The van der Waals surface area contributed by atoms with Crippen molar-refractivity contribution in [2.45, 2.75) is 25.8 Å². The molecule has 86 valence electrons. The van der Waals surface area contributed by atoms with Gasteiger partial charge in [-0.05, 0) is 12.2 Å². The quantitative estimate of drug-likeness (QED) is 0.401. The Morgan fingerprint density at radius 1 is 1.67 bits per heavy atom. The first kappa shape index (κ1) is 12.5. The minimum atomic E-state index is 0.276. The minimum absolute atomic E-state index is 0.276. The fourth-order valence-corrected chi connectivity index (χ4v) is 2.23. The largest absolute Gasteiger partial charge is 0.271 e. The van der Waals surface area contributed by atoms with Gasteiger partial charge in [0, 0.05) is 31.5 Å². The van der Waals surface area contributed by atoms with E-state index in [-0.39, 0.29) is 6.04 Å². The van der Waals surface area contributed by atoms with Gasteiger partial charge >= 0.3 is 0 Å². The highest BCUT2D eigenvalue weighted by Gasteiger charge is 2.09. The first-order chi connectivity index (χ1) is 7.26. The van der Waals surface area contributed by atoms with E-state index < -0.39 is 0 Å². The van der Waals surface area contributed by atoms with Crippen molar-refractivity contribution < 1.29 is 0 Å². The fourth-order valence-electron chi connectivity index (χ4n) is 1.28. The maximum Gasteiger partial charge on any atom is 0.0843 e. The molecule has 1 aromatic rings. The lowest BCUT2D eigenvalue weighted by atomic mass is 10.2. The first-order valence-corrected chi connectivity index (χ1v) is 6.30. The molecule has 0 aliphatic carbocycles. The SMILES string of the molecule is CCCSCC(Cc1cn(C)nn1)NN. The first-order valence-electron chi connectivity index (χ1n) is 5.15. The second-order valence-corrected chi connectivity index (χ2v) is 4.68. The van der Waals surface area contributed by atoms with Gasteiger partial charge in [0.05, 0.1) is 5.69 Å². The van der Waals surface area contributed by atoms with E-state index in [1.165, 1.54) is 12.2 Å². The smallest absolute Gasteiger partial charge is 0.0843 e. The molecule has 0 spiro atoms. The van der Waals surface area contributed by atoms with Crippen LogP contribution in [0.25, 0.3) is 0 Å². The van der Waals surface area contributed by atoms with E-state index in [0.29, 0.717) is 0 Å². The zero-order valence-corrected chi connectivity index (χ0v) is 10.1. The predicted molar refractivity (Wildman–Crippen MR) is 63.4 cm³/mol. The van der Waals surface area contributed by atoms with E-state index in [4.69, 9.17) is 5.84 Å². The van der Waals surface area contributed by atoms with Crippen LogP contribution in [0.3, 0.4) is 0 Å². The topological polar surface area (TPSA) is 68.8 Å². The Labute approximate surface area is 94.8 Å². The third kappa shape index (κ3) is 4.63. The van der Waals surface area contributed by atoms with Crippen molar-refractivity contribution in [2.75, 3.05) is 11.5 Å². The highest BCUT2D eigenvalue weighted by molar-refractivity contribution is 7.99. The number of hydrogen-bond donors (Lipinski definition) is 2. The number of nitrogens with two attached hydrogens (primary N) is 1. The number of aromatic nitrogens is 3. The highest BCUT2D eigenvalue weighted by atomic mass is 32.2. The molecule has 0 saturated carbocycles. The molecule has 6 heteroatoms. The summed E-state index contributed by atoms with van der Waals surface area (Å²) in [7, 11) is 1.87. The van der Waals surface area contributed by atoms with Crippen molar-refractivity contribution in [3.63, 3.8) is 0 Å². The van der Waals surface area contributed by atoms with E-state index in [1.54, 1.807) is 4.68 Å². The Kier molecular flexibility index (Phi) is 5.67. The number of nitrogens with zero attached hydrogens (tertiary/aromatic N) is 3. The van der Waals surface area contributed by atoms with Crippen molar-refractivity contribution >= 4 is 11.8 Å². The van der Waals surface area contributed by atoms with Crippen LogP contribution in [0.1, 0.15) is 19.0 Å². The molecule has 0 aliphatic heterocycles. The number of nitrogens with one attached hydrogen (secondary N) is 1. The third-order valence-corrected chi connectivity index (χ3v) is 3.34. The Morgan fingerprint density at radius 3 is 3.00 bits per heavy atom. The number of thioether (sulfide) groups is 1. The monoisotopic (exact) mass is 229 g/mol. The van der Waals surface area contributed by atoms with Crippen molar-refractivity contribution in [1.29, 1.82) is 0 Å². The van der Waals surface area contributed by atoms with Gasteiger partial charge in [0.25, 0.3) is 0 Å². The molecule has 0 bridgehead atoms. The van der Waals surface area contributed by atoms with Crippen molar-refractivity contribution in [1.82, 2.24) is 20.4 Å². The maximum absolute atomic E-state index is 5.49. The van der Waals surface area contributed by atoms with Crippen LogP contribution >= 0.6 is 11.8 Å². The summed E-state index contributed by atoms with van der Waals surface area (Å²) in [6.07, 6.45) is 3.96. The summed E-state index contributed by atoms with van der Waals surface area (Å²) in [6.45, 7) is 2.18. The molecule has 0 radical (unpaired) electrons. The lowest BCUT2D eigenvalue weighted by molar-refractivity contribution is 0.568. The van der Waals surface area contributed by atoms with E-state index >= 15 is 0 Å². The molecular weight excluding hydrogens is 210 g/mol. The molecule has 15 heavy (non-hydrogen) atoms. The van der Waals surface area contributed by atoms with Crippen LogP contribution < -0.4 is 11.3 Å². The zero-order valence-electron chi connectivity index (χ0n) is 9.31. The lowest BCUT2D eigenvalue weighted by Crippen LogP contribution is -2.38. The van der Waals surface area contributed by atoms with E-state index in [2.05, 4.69) is 22.7 Å². The van der Waals surface area contributed by atoms with Crippen molar-refractivity contribution in [2.24, 2.45) is 12.9 Å². The van der Waals surface area contributed by atoms with E-state index in [1.807, 2.05) is 25.0 Å². The van der Waals surface area contributed by atoms with Gasteiger partial charge in [-0.25, -0.2) is 0 Å². The molecule has 0 aliphatic rings. The third-order valence-electron chi connectivity index (χ3n) is 2.01. The summed E-state index contributed by atoms with van der Waals surface area (Å²) >= 11 is 1.91. The van der Waals surface area contributed by atoms with Crippen LogP contribution in [-0.2, 0) is 13.5 Å². The van der Waals surface area contributed by atoms with Gasteiger partial charge in [-0.3, -0.25) is 16.0 Å². The molecule has 1 atom stereocenters. The number of hydrazine groups is 1. The van der Waals surface area contributed by atoms with E-state index in [0.717, 1.165) is 17.9 Å². The Bertz CT molecular complexity index is 275. The molecule has 0 fully saturated rings. The van der Waals surface area contributed by atoms with Crippen molar-refractivity contribution in [3.05, 3.63) is 11.9 Å². The molecular formula is C9H19N5S. The van der Waals surface area contributed by atoms with Gasteiger partial charge < -0.3 is 0 Å². The standard InChI is InChI=1S/C9H19N5S/c1-3-4-15-7-9(11-10)5-8-6-14(2)13-12-8/h6,9,11H,3-5,7,10H2,1-2H3. The van der Waals surface area contributed by atoms with Crippen LogP contribution in [0.2, 0.25) is 0 Å². The summed E-state index contributed by atoms with van der Waals surface area (Å²) in [5.74, 6) is 7.69. The Morgan fingerprint density at radius 2 is 2.47 bits per heavy atom. The minimum Gasteiger partial charge on any atom is -0.271 e. The maximum atomic E-state index is 5.49. The van der Waals surface area contributed by atoms with Crippen molar-refractivity contribution in [3.8, 4) is 0 Å². The van der Waals surface area contributed by atoms with Gasteiger partial charge in [-0.1, -0.05) is 12.1 Å². The van der Waals surface area contributed by atoms with Gasteiger partial charge in [0.2, 0.25) is 0 Å². The van der Waals surface area contributed by atoms with E-state index in [9.17, 15) is 0 Å². The number of aryl methyl sites for hydroxylation is 1. The summed E-state index contributed by atoms with van der Waals surface area (Å²) in [6, 6.07) is 0.276. The normalized spacial score (nSPS) is 13.0. The summed E-state index contributed by atoms with van der Waals surface area (Å²) in [5, 5.41) is 7.93. The number of rotatable bonds is 7. The second-order valence-electron chi connectivity index (χ2n) is 3.53. The van der Waals surface area contributed by atoms with Crippen LogP contribution in [-0.4, -0.2) is 32.5 Å². The summed E-state index contributed by atoms with van der Waals surface area (Å²) in [5.41, 5.74) is 3.80. The lowest BCUT2D eigenvalue weighted by Gasteiger charge is -2.13. The summed E-state index contributed by atoms with van der Waals surface area (Å²) < 4.78 is 1.71. The van der Waals surface area contributed by atoms with Crippen LogP contribution in [0.5, 0.6) is 0 Å². The fraction of sp³-hybridized carbons (Fsp3) is 0.778. The van der Waals surface area contributed by atoms with Gasteiger partial charge in [0.15, 0.2) is 0 Å². The molecule has 3 N–H and O–H groups in total. The Hall–Kier alpha value is -0.590. The second kappa shape index (κ2) is 6.81. The molecule has 5 nitrogen and oxygen atoms in total.